The van der Waals surface area contributed by atoms with Gasteiger partial charge in [0.25, 0.3) is 0 Å². The minimum absolute atomic E-state index is 0.0476. The van der Waals surface area contributed by atoms with Gasteiger partial charge in [-0.15, -0.1) is 0 Å². The molecule has 1 rings (SSSR count). The molecule has 0 aliphatic carbocycles. The Labute approximate surface area is 103 Å². The van der Waals surface area contributed by atoms with Crippen molar-refractivity contribution in [3.63, 3.8) is 0 Å². The molecule has 0 saturated heterocycles. The van der Waals surface area contributed by atoms with Crippen molar-refractivity contribution in [1.29, 1.82) is 0 Å². The zero-order valence-corrected chi connectivity index (χ0v) is 11.0. The van der Waals surface area contributed by atoms with E-state index in [-0.39, 0.29) is 16.8 Å². The number of carbonyl (C=O) groups excluding carboxylic acids is 1. The molecule has 1 aromatic rings. The molecule has 16 heavy (non-hydrogen) atoms. The van der Waals surface area contributed by atoms with Crippen LogP contribution in [-0.4, -0.2) is 21.0 Å². The summed E-state index contributed by atoms with van der Waals surface area (Å²) in [6.45, 7) is 3.85. The number of ketones is 1. The smallest absolute Gasteiger partial charge is 0.176 e. The van der Waals surface area contributed by atoms with E-state index >= 15 is 0 Å². The molecule has 0 aliphatic rings. The Hall–Kier alpha value is -0.670. The van der Waals surface area contributed by atoms with Gasteiger partial charge in [0.1, 0.15) is 0 Å². The lowest BCUT2D eigenvalue weighted by molar-refractivity contribution is 0.102. The molecule has 0 aromatic heterocycles. The van der Waals surface area contributed by atoms with E-state index in [0.29, 0.717) is 10.6 Å². The molecule has 0 N–H and O–H groups in total. The molecule has 0 saturated carbocycles. The Morgan fingerprint density at radius 2 is 2.06 bits per heavy atom. The van der Waals surface area contributed by atoms with Crippen molar-refractivity contribution in [1.82, 2.24) is 0 Å². The highest BCUT2D eigenvalue weighted by molar-refractivity contribution is 7.86. The van der Waals surface area contributed by atoms with Gasteiger partial charge in [0.2, 0.25) is 0 Å². The van der Waals surface area contributed by atoms with Crippen LogP contribution < -0.4 is 0 Å². The summed E-state index contributed by atoms with van der Waals surface area (Å²) in [4.78, 5) is 11.8. The summed E-state index contributed by atoms with van der Waals surface area (Å²) >= 11 is 5.90. The summed E-state index contributed by atoms with van der Waals surface area (Å²) in [6, 6.07) is 6.86. The fourth-order valence-electron chi connectivity index (χ4n) is 1.22. The normalized spacial score (nSPS) is 14.4. The third kappa shape index (κ3) is 3.42. The average molecular weight is 259 g/mol. The third-order valence-corrected chi connectivity index (χ3v) is 4.58. The molecule has 0 aliphatic heterocycles. The van der Waals surface area contributed by atoms with Crippen molar-refractivity contribution >= 4 is 28.2 Å². The highest BCUT2D eigenvalue weighted by Crippen LogP contribution is 2.16. The number of Topliss-reactive ketones (excluding diaryl/α,β-unsaturated/α-hetero) is 1. The number of benzene rings is 1. The lowest BCUT2D eigenvalue weighted by atomic mass is 10.1. The molecular weight excluding hydrogens is 244 g/mol. The van der Waals surface area contributed by atoms with E-state index in [1.807, 2.05) is 13.8 Å². The quantitative estimate of drug-likeness (QED) is 0.761. The van der Waals surface area contributed by atoms with Crippen molar-refractivity contribution in [3.05, 3.63) is 34.9 Å². The number of hydrogen-bond donors (Lipinski definition) is 0. The number of carbonyl (C=O) groups is 1. The van der Waals surface area contributed by atoms with E-state index in [1.54, 1.807) is 24.3 Å². The number of rotatable bonds is 5. The molecule has 0 bridgehead atoms. The Morgan fingerprint density at radius 1 is 1.44 bits per heavy atom. The van der Waals surface area contributed by atoms with Crippen molar-refractivity contribution in [2.24, 2.45) is 0 Å². The molecule has 0 amide bonds. The lowest BCUT2D eigenvalue weighted by Crippen LogP contribution is -2.19. The van der Waals surface area contributed by atoms with Crippen LogP contribution in [0.15, 0.2) is 24.3 Å². The largest absolute Gasteiger partial charge is 0.293 e. The first kappa shape index (κ1) is 13.4. The molecule has 0 radical (unpaired) electrons. The Kier molecular flexibility index (Phi) is 5.16. The summed E-state index contributed by atoms with van der Waals surface area (Å²) in [6.07, 6.45) is 0.808. The summed E-state index contributed by atoms with van der Waals surface area (Å²) in [7, 11) is -1.11. The minimum atomic E-state index is -1.11. The summed E-state index contributed by atoms with van der Waals surface area (Å²) in [5.41, 5.74) is 0.459. The van der Waals surface area contributed by atoms with E-state index in [9.17, 15) is 9.00 Å². The van der Waals surface area contributed by atoms with Crippen LogP contribution in [0.5, 0.6) is 0 Å². The predicted octanol–water partition coefficient (Wildman–Crippen LogP) is 3.07. The molecule has 0 fully saturated rings. The van der Waals surface area contributed by atoms with Crippen LogP contribution in [0.4, 0.5) is 0 Å². The van der Waals surface area contributed by atoms with Gasteiger partial charge in [0, 0.05) is 21.6 Å². The van der Waals surface area contributed by atoms with E-state index in [0.717, 1.165) is 6.42 Å². The maximum atomic E-state index is 11.8. The topological polar surface area (TPSA) is 34.1 Å². The monoisotopic (exact) mass is 258 g/mol. The van der Waals surface area contributed by atoms with Gasteiger partial charge in [-0.25, -0.2) is 0 Å². The lowest BCUT2D eigenvalue weighted by Gasteiger charge is -2.08. The van der Waals surface area contributed by atoms with Crippen LogP contribution in [0.3, 0.4) is 0 Å². The highest BCUT2D eigenvalue weighted by Gasteiger charge is 2.16. The SMILES string of the molecule is CCC(C)S(=O)CC(=O)c1ccccc1Cl. The third-order valence-electron chi connectivity index (χ3n) is 2.47. The van der Waals surface area contributed by atoms with Gasteiger partial charge in [0.15, 0.2) is 5.78 Å². The van der Waals surface area contributed by atoms with Crippen LogP contribution >= 0.6 is 11.6 Å². The maximum Gasteiger partial charge on any atom is 0.176 e. The second-order valence-electron chi connectivity index (χ2n) is 3.65. The fraction of sp³-hybridized carbons (Fsp3) is 0.417. The van der Waals surface area contributed by atoms with Crippen LogP contribution in [-0.2, 0) is 10.8 Å². The van der Waals surface area contributed by atoms with Crippen LogP contribution in [0.2, 0.25) is 5.02 Å². The minimum Gasteiger partial charge on any atom is -0.293 e. The zero-order chi connectivity index (χ0) is 12.1. The first-order valence-corrected chi connectivity index (χ1v) is 6.97. The first-order chi connectivity index (χ1) is 7.56. The van der Waals surface area contributed by atoms with Crippen LogP contribution in [0.25, 0.3) is 0 Å². The maximum absolute atomic E-state index is 11.8. The molecule has 1 aromatic carbocycles. The van der Waals surface area contributed by atoms with Crippen molar-refractivity contribution in [3.8, 4) is 0 Å². The van der Waals surface area contributed by atoms with Gasteiger partial charge in [-0.3, -0.25) is 9.00 Å². The molecule has 4 heteroatoms. The van der Waals surface area contributed by atoms with Gasteiger partial charge in [0.05, 0.1) is 10.8 Å². The second kappa shape index (κ2) is 6.16. The molecule has 2 nitrogen and oxygen atoms in total. The molecule has 2 atom stereocenters. The predicted molar refractivity (Wildman–Crippen MR) is 68.5 cm³/mol. The van der Waals surface area contributed by atoms with Crippen molar-refractivity contribution in [2.75, 3.05) is 5.75 Å². The van der Waals surface area contributed by atoms with Gasteiger partial charge < -0.3 is 0 Å². The van der Waals surface area contributed by atoms with E-state index in [4.69, 9.17) is 11.6 Å². The number of hydrogen-bond acceptors (Lipinski definition) is 2. The number of halogens is 1. The highest BCUT2D eigenvalue weighted by atomic mass is 35.5. The van der Waals surface area contributed by atoms with Crippen LogP contribution in [0.1, 0.15) is 30.6 Å². The van der Waals surface area contributed by atoms with E-state index in [2.05, 4.69) is 0 Å². The van der Waals surface area contributed by atoms with Crippen molar-refractivity contribution < 1.29 is 9.00 Å². The Balaban J connectivity index is 2.74. The van der Waals surface area contributed by atoms with Gasteiger partial charge >= 0.3 is 0 Å². The summed E-state index contributed by atoms with van der Waals surface area (Å²) in [5.74, 6) is -0.0946. The fourth-order valence-corrected chi connectivity index (χ4v) is 2.53. The van der Waals surface area contributed by atoms with Crippen molar-refractivity contribution in [2.45, 2.75) is 25.5 Å². The van der Waals surface area contributed by atoms with E-state index in [1.165, 1.54) is 0 Å². The average Bonchev–Trinajstić information content (AvgIpc) is 2.28. The van der Waals surface area contributed by atoms with E-state index < -0.39 is 10.8 Å². The molecule has 0 heterocycles. The Morgan fingerprint density at radius 3 is 2.62 bits per heavy atom. The Bertz CT molecular complexity index is 404. The zero-order valence-electron chi connectivity index (χ0n) is 9.40. The van der Waals surface area contributed by atoms with Gasteiger partial charge in [-0.2, -0.15) is 0 Å². The molecule has 88 valence electrons. The molecule has 0 spiro atoms. The van der Waals surface area contributed by atoms with Crippen LogP contribution in [0, 0.1) is 0 Å². The summed E-state index contributed by atoms with van der Waals surface area (Å²) < 4.78 is 11.7. The molecule has 2 unspecified atom stereocenters. The second-order valence-corrected chi connectivity index (χ2v) is 5.91. The standard InChI is InChI=1S/C12H15ClO2S/c1-3-9(2)16(15)8-12(14)10-6-4-5-7-11(10)13/h4-7,9H,3,8H2,1-2H3. The first-order valence-electron chi connectivity index (χ1n) is 5.21. The molecular formula is C12H15ClO2S. The van der Waals surface area contributed by atoms with Gasteiger partial charge in [-0.1, -0.05) is 37.6 Å². The summed E-state index contributed by atoms with van der Waals surface area (Å²) in [5, 5.41) is 0.472. The van der Waals surface area contributed by atoms with Gasteiger partial charge in [-0.05, 0) is 18.6 Å².